The highest BCUT2D eigenvalue weighted by Gasteiger charge is 2.36. The Labute approximate surface area is 160 Å². The van der Waals surface area contributed by atoms with E-state index in [9.17, 15) is 14.0 Å². The molecule has 2 aromatic carbocycles. The largest absolute Gasteiger partial charge is 0.395 e. The summed E-state index contributed by atoms with van der Waals surface area (Å²) in [6.45, 7) is 0.593. The molecule has 2 amide bonds. The lowest BCUT2D eigenvalue weighted by Crippen LogP contribution is -2.28. The number of fused-ring (bicyclic) bond motifs is 1. The Morgan fingerprint density at radius 3 is 2.89 bits per heavy atom. The van der Waals surface area contributed by atoms with Crippen molar-refractivity contribution in [1.82, 2.24) is 9.55 Å². The number of benzene rings is 2. The zero-order chi connectivity index (χ0) is 19.7. The predicted octanol–water partition coefficient (Wildman–Crippen LogP) is 2.16. The van der Waals surface area contributed by atoms with Crippen molar-refractivity contribution in [3.8, 4) is 0 Å². The third-order valence-corrected chi connectivity index (χ3v) is 4.87. The highest BCUT2D eigenvalue weighted by atomic mass is 19.1. The Morgan fingerprint density at radius 1 is 1.29 bits per heavy atom. The van der Waals surface area contributed by atoms with Crippen LogP contribution in [0.15, 0.2) is 48.8 Å². The molecule has 1 aliphatic heterocycles. The molecule has 0 aliphatic carbocycles. The summed E-state index contributed by atoms with van der Waals surface area (Å²) in [5.41, 5.74) is 2.32. The van der Waals surface area contributed by atoms with Crippen molar-refractivity contribution >= 4 is 34.2 Å². The molecule has 8 heteroatoms. The summed E-state index contributed by atoms with van der Waals surface area (Å²) in [5.74, 6) is -1.61. The van der Waals surface area contributed by atoms with Crippen molar-refractivity contribution < 1.29 is 19.1 Å². The smallest absolute Gasteiger partial charge is 0.229 e. The zero-order valence-corrected chi connectivity index (χ0v) is 15.0. The topological polar surface area (TPSA) is 87.5 Å². The van der Waals surface area contributed by atoms with Crippen LogP contribution in [-0.2, 0) is 16.1 Å². The molecule has 1 saturated heterocycles. The molecule has 0 bridgehead atoms. The van der Waals surface area contributed by atoms with Crippen molar-refractivity contribution in [1.29, 1.82) is 0 Å². The molecule has 2 heterocycles. The maximum absolute atomic E-state index is 14.0. The van der Waals surface area contributed by atoms with Crippen LogP contribution in [0, 0.1) is 11.7 Å². The van der Waals surface area contributed by atoms with Gasteiger partial charge in [-0.2, -0.15) is 0 Å². The molecule has 0 saturated carbocycles. The average molecular weight is 382 g/mol. The molecule has 4 rings (SSSR count). The number of para-hydroxylation sites is 1. The molecule has 1 aromatic heterocycles. The standard InChI is InChI=1S/C20H19FN4O3/c21-15-3-1-2-4-17(15)25-11-13(9-19(25)27)20(28)23-14-5-6-18-16(10-14)22-12-24(18)7-8-26/h1-6,10,12-13,26H,7-9,11H2,(H,23,28). The Morgan fingerprint density at radius 2 is 2.11 bits per heavy atom. The number of hydrogen-bond acceptors (Lipinski definition) is 4. The third kappa shape index (κ3) is 3.34. The van der Waals surface area contributed by atoms with Crippen LogP contribution in [-0.4, -0.2) is 39.6 Å². The molecular weight excluding hydrogens is 363 g/mol. The van der Waals surface area contributed by atoms with E-state index in [4.69, 9.17) is 5.11 Å². The van der Waals surface area contributed by atoms with Crippen molar-refractivity contribution in [3.63, 3.8) is 0 Å². The second-order valence-corrected chi connectivity index (χ2v) is 6.71. The minimum Gasteiger partial charge on any atom is -0.395 e. The summed E-state index contributed by atoms with van der Waals surface area (Å²) in [4.78, 5) is 30.5. The number of aliphatic hydroxyl groups excluding tert-OH is 1. The number of amides is 2. The number of aromatic nitrogens is 2. The first-order chi connectivity index (χ1) is 13.6. The molecule has 1 unspecified atom stereocenters. The number of halogens is 1. The van der Waals surface area contributed by atoms with E-state index in [1.807, 2.05) is 10.6 Å². The van der Waals surface area contributed by atoms with Crippen molar-refractivity contribution in [2.45, 2.75) is 13.0 Å². The van der Waals surface area contributed by atoms with Gasteiger partial charge < -0.3 is 19.9 Å². The van der Waals surface area contributed by atoms with Gasteiger partial charge in [0, 0.05) is 25.2 Å². The van der Waals surface area contributed by atoms with Crippen LogP contribution in [0.5, 0.6) is 0 Å². The number of nitrogens with zero attached hydrogens (tertiary/aromatic N) is 3. The summed E-state index contributed by atoms with van der Waals surface area (Å²) < 4.78 is 15.8. The number of anilines is 2. The number of rotatable bonds is 5. The molecule has 0 radical (unpaired) electrons. The van der Waals surface area contributed by atoms with Crippen LogP contribution >= 0.6 is 0 Å². The van der Waals surface area contributed by atoms with Gasteiger partial charge in [0.1, 0.15) is 5.82 Å². The van der Waals surface area contributed by atoms with Crippen LogP contribution in [0.4, 0.5) is 15.8 Å². The molecule has 1 aliphatic rings. The Bertz CT molecular complexity index is 1050. The number of carbonyl (C=O) groups is 2. The number of carbonyl (C=O) groups excluding carboxylic acids is 2. The Balaban J connectivity index is 1.47. The van der Waals surface area contributed by atoms with Gasteiger partial charge in [-0.15, -0.1) is 0 Å². The zero-order valence-electron chi connectivity index (χ0n) is 15.0. The first-order valence-corrected chi connectivity index (χ1v) is 8.98. The van der Waals surface area contributed by atoms with Gasteiger partial charge in [0.15, 0.2) is 0 Å². The molecule has 28 heavy (non-hydrogen) atoms. The molecule has 3 aromatic rings. The monoisotopic (exact) mass is 382 g/mol. The summed E-state index contributed by atoms with van der Waals surface area (Å²) in [7, 11) is 0. The quantitative estimate of drug-likeness (QED) is 0.708. The van der Waals surface area contributed by atoms with E-state index in [-0.39, 0.29) is 37.1 Å². The van der Waals surface area contributed by atoms with Gasteiger partial charge in [-0.3, -0.25) is 9.59 Å². The SMILES string of the molecule is O=C(Nc1ccc2c(c1)ncn2CCO)C1CC(=O)N(c2ccccc2F)C1. The first-order valence-electron chi connectivity index (χ1n) is 8.98. The van der Waals surface area contributed by atoms with Crippen molar-refractivity contribution in [3.05, 3.63) is 54.6 Å². The number of imidazole rings is 1. The molecule has 1 atom stereocenters. The van der Waals surface area contributed by atoms with E-state index in [0.29, 0.717) is 17.7 Å². The second-order valence-electron chi connectivity index (χ2n) is 6.71. The lowest BCUT2D eigenvalue weighted by molar-refractivity contribution is -0.122. The van der Waals surface area contributed by atoms with E-state index >= 15 is 0 Å². The van der Waals surface area contributed by atoms with E-state index in [0.717, 1.165) is 5.52 Å². The third-order valence-electron chi connectivity index (χ3n) is 4.87. The van der Waals surface area contributed by atoms with Gasteiger partial charge in [0.2, 0.25) is 11.8 Å². The molecule has 7 nitrogen and oxygen atoms in total. The summed E-state index contributed by atoms with van der Waals surface area (Å²) in [6.07, 6.45) is 1.67. The van der Waals surface area contributed by atoms with E-state index in [1.54, 1.807) is 30.6 Å². The molecule has 0 spiro atoms. The van der Waals surface area contributed by atoms with Crippen LogP contribution < -0.4 is 10.2 Å². The Kier molecular flexibility index (Phi) is 4.79. The highest BCUT2D eigenvalue weighted by Crippen LogP contribution is 2.28. The van der Waals surface area contributed by atoms with Crippen LogP contribution in [0.3, 0.4) is 0 Å². The molecule has 2 N–H and O–H groups in total. The van der Waals surface area contributed by atoms with Gasteiger partial charge in [-0.25, -0.2) is 9.37 Å². The lowest BCUT2D eigenvalue weighted by atomic mass is 10.1. The fourth-order valence-corrected chi connectivity index (χ4v) is 3.46. The summed E-state index contributed by atoms with van der Waals surface area (Å²) in [6, 6.07) is 11.4. The van der Waals surface area contributed by atoms with E-state index in [2.05, 4.69) is 10.3 Å². The van der Waals surface area contributed by atoms with Gasteiger partial charge in [-0.05, 0) is 30.3 Å². The minimum atomic E-state index is -0.560. The Hall–Kier alpha value is -3.26. The second kappa shape index (κ2) is 7.40. The normalized spacial score (nSPS) is 16.7. The van der Waals surface area contributed by atoms with Crippen molar-refractivity contribution in [2.75, 3.05) is 23.4 Å². The fourth-order valence-electron chi connectivity index (χ4n) is 3.46. The van der Waals surface area contributed by atoms with Gasteiger partial charge in [-0.1, -0.05) is 12.1 Å². The summed E-state index contributed by atoms with van der Waals surface area (Å²) >= 11 is 0. The number of hydrogen-bond donors (Lipinski definition) is 2. The molecular formula is C20H19FN4O3. The minimum absolute atomic E-state index is 0.0121. The van der Waals surface area contributed by atoms with Gasteiger partial charge in [0.05, 0.1) is 35.6 Å². The van der Waals surface area contributed by atoms with Gasteiger partial charge >= 0.3 is 0 Å². The first kappa shape index (κ1) is 18.1. The van der Waals surface area contributed by atoms with Crippen LogP contribution in [0.25, 0.3) is 11.0 Å². The number of aliphatic hydroxyl groups is 1. The highest BCUT2D eigenvalue weighted by molar-refractivity contribution is 6.04. The van der Waals surface area contributed by atoms with Crippen LogP contribution in [0.2, 0.25) is 0 Å². The fraction of sp³-hybridized carbons (Fsp3) is 0.250. The van der Waals surface area contributed by atoms with Crippen molar-refractivity contribution in [2.24, 2.45) is 5.92 Å². The van der Waals surface area contributed by atoms with E-state index < -0.39 is 11.7 Å². The van der Waals surface area contributed by atoms with Crippen LogP contribution in [0.1, 0.15) is 6.42 Å². The van der Waals surface area contributed by atoms with Gasteiger partial charge in [0.25, 0.3) is 0 Å². The molecule has 1 fully saturated rings. The van der Waals surface area contributed by atoms with E-state index in [1.165, 1.54) is 17.0 Å². The summed E-state index contributed by atoms with van der Waals surface area (Å²) in [5, 5.41) is 11.9. The maximum atomic E-state index is 14.0. The molecule has 144 valence electrons. The lowest BCUT2D eigenvalue weighted by Gasteiger charge is -2.17. The predicted molar refractivity (Wildman–Crippen MR) is 102 cm³/mol. The maximum Gasteiger partial charge on any atom is 0.229 e. The average Bonchev–Trinajstić information content (AvgIpc) is 3.26. The number of nitrogens with one attached hydrogen (secondary N) is 1.